The van der Waals surface area contributed by atoms with E-state index in [0.717, 1.165) is 0 Å². The molecule has 0 bridgehead atoms. The Morgan fingerprint density at radius 1 is 1.60 bits per heavy atom. The van der Waals surface area contributed by atoms with E-state index in [1.165, 1.54) is 0 Å². The van der Waals surface area contributed by atoms with Crippen molar-refractivity contribution in [3.63, 3.8) is 0 Å². The molecule has 0 aromatic heterocycles. The monoisotopic (exact) mass is 133 g/mol. The fraction of sp³-hybridized carbons (Fsp3) is 0.222. The molecule has 0 aliphatic heterocycles. The third-order valence-electron chi connectivity index (χ3n) is 1.60. The van der Waals surface area contributed by atoms with Crippen LogP contribution in [-0.2, 0) is 0 Å². The van der Waals surface area contributed by atoms with Crippen molar-refractivity contribution in [1.82, 2.24) is 0 Å². The van der Waals surface area contributed by atoms with Crippen molar-refractivity contribution < 1.29 is 5.11 Å². The van der Waals surface area contributed by atoms with Gasteiger partial charge < -0.3 is 5.11 Å². The zero-order chi connectivity index (χ0) is 7.61. The number of terminal acetylenes is 1. The van der Waals surface area contributed by atoms with Gasteiger partial charge in [-0.2, -0.15) is 0 Å². The lowest BCUT2D eigenvalue weighted by Gasteiger charge is -2.24. The average Bonchev–Trinajstić information content (AvgIpc) is 1.96. The van der Waals surface area contributed by atoms with Crippen LogP contribution in [0.25, 0.3) is 0 Å². The predicted octanol–water partition coefficient (Wildman–Crippen LogP) is 0.927. The molecule has 1 rings (SSSR count). The van der Waals surface area contributed by atoms with E-state index < -0.39 is 5.60 Å². The molecule has 1 N–H and O–H groups in total. The van der Waals surface area contributed by atoms with Gasteiger partial charge in [-0.05, 0) is 13.0 Å². The van der Waals surface area contributed by atoms with Gasteiger partial charge >= 0.3 is 0 Å². The van der Waals surface area contributed by atoms with Crippen LogP contribution in [0.2, 0.25) is 0 Å². The quantitative estimate of drug-likeness (QED) is 0.487. The molecule has 2 unspecified atom stereocenters. The summed E-state index contributed by atoms with van der Waals surface area (Å²) in [5, 5.41) is 9.51. The minimum atomic E-state index is -1.17. The second kappa shape index (κ2) is 2.32. The Morgan fingerprint density at radius 2 is 2.30 bits per heavy atom. The topological polar surface area (TPSA) is 20.2 Å². The van der Waals surface area contributed by atoms with E-state index >= 15 is 0 Å². The summed E-state index contributed by atoms with van der Waals surface area (Å²) in [7, 11) is 0. The first-order chi connectivity index (χ1) is 4.69. The first kappa shape index (κ1) is 7.11. The van der Waals surface area contributed by atoms with E-state index in [0.29, 0.717) is 0 Å². The number of hydrogen-bond acceptors (Lipinski definition) is 1. The van der Waals surface area contributed by atoms with Crippen LogP contribution < -0.4 is 0 Å². The van der Waals surface area contributed by atoms with Crippen molar-refractivity contribution in [2.24, 2.45) is 5.92 Å². The average molecular weight is 133 g/mol. The molecule has 0 saturated carbocycles. The van der Waals surface area contributed by atoms with Crippen molar-refractivity contribution in [2.45, 2.75) is 5.60 Å². The van der Waals surface area contributed by atoms with E-state index in [4.69, 9.17) is 6.42 Å². The summed E-state index contributed by atoms with van der Waals surface area (Å²) in [5.41, 5.74) is -1.17. The van der Waals surface area contributed by atoms with Crippen LogP contribution in [0, 0.1) is 25.2 Å². The second-order valence-corrected chi connectivity index (χ2v) is 2.32. The lowest BCUT2D eigenvalue weighted by Crippen LogP contribution is -2.32. The van der Waals surface area contributed by atoms with E-state index in [1.807, 2.05) is 6.08 Å². The van der Waals surface area contributed by atoms with Crippen LogP contribution in [-0.4, -0.2) is 10.7 Å². The molecule has 0 heterocycles. The largest absolute Gasteiger partial charge is 0.373 e. The molecule has 0 fully saturated rings. The number of allylic oxidation sites excluding steroid dienone is 2. The van der Waals surface area contributed by atoms with Gasteiger partial charge in [0.15, 0.2) is 0 Å². The van der Waals surface area contributed by atoms with Crippen LogP contribution in [0.5, 0.6) is 0 Å². The number of hydrogen-bond donors (Lipinski definition) is 1. The van der Waals surface area contributed by atoms with E-state index in [2.05, 4.69) is 12.8 Å². The first-order valence-corrected chi connectivity index (χ1v) is 3.08. The van der Waals surface area contributed by atoms with Gasteiger partial charge in [-0.15, -0.1) is 6.42 Å². The fourth-order valence-electron chi connectivity index (χ4n) is 0.826. The Bertz CT molecular complexity index is 219. The maximum Gasteiger partial charge on any atom is 0.150 e. The zero-order valence-electron chi connectivity index (χ0n) is 5.62. The molecule has 0 saturated heterocycles. The molecule has 0 aromatic carbocycles. The summed E-state index contributed by atoms with van der Waals surface area (Å²) in [6.07, 6.45) is 12.0. The van der Waals surface area contributed by atoms with Gasteiger partial charge in [-0.1, -0.05) is 24.1 Å². The Morgan fingerprint density at radius 3 is 2.70 bits per heavy atom. The summed E-state index contributed by atoms with van der Waals surface area (Å²) in [6.45, 7) is 3.69. The summed E-state index contributed by atoms with van der Waals surface area (Å²) in [6, 6.07) is 0. The van der Waals surface area contributed by atoms with Gasteiger partial charge in [0.05, 0.1) is 0 Å². The molecule has 1 aliphatic rings. The fourth-order valence-corrected chi connectivity index (χ4v) is 0.826. The smallest absolute Gasteiger partial charge is 0.150 e. The van der Waals surface area contributed by atoms with Crippen molar-refractivity contribution in [3.8, 4) is 12.3 Å². The minimum absolute atomic E-state index is 0.234. The number of rotatable bonds is 0. The standard InChI is InChI=1S/C9H9O/c1-3-9(10)7-5-4-6-8(9)2/h1,4-8,10H,2H2. The molecule has 1 heteroatoms. The van der Waals surface area contributed by atoms with Gasteiger partial charge in [-0.3, -0.25) is 0 Å². The van der Waals surface area contributed by atoms with Crippen molar-refractivity contribution in [2.75, 3.05) is 0 Å². The third kappa shape index (κ3) is 0.984. The van der Waals surface area contributed by atoms with Crippen LogP contribution in [0.1, 0.15) is 0 Å². The molecule has 1 radical (unpaired) electrons. The third-order valence-corrected chi connectivity index (χ3v) is 1.60. The molecule has 0 aromatic rings. The highest BCUT2D eigenvalue weighted by Crippen LogP contribution is 2.22. The lowest BCUT2D eigenvalue weighted by molar-refractivity contribution is 0.124. The van der Waals surface area contributed by atoms with E-state index in [9.17, 15) is 5.11 Å². The van der Waals surface area contributed by atoms with Crippen LogP contribution in [0.4, 0.5) is 0 Å². The molecule has 2 atom stereocenters. The zero-order valence-corrected chi connectivity index (χ0v) is 5.62. The summed E-state index contributed by atoms with van der Waals surface area (Å²) >= 11 is 0. The van der Waals surface area contributed by atoms with Crippen molar-refractivity contribution >= 4 is 0 Å². The maximum absolute atomic E-state index is 9.51. The normalized spacial score (nSPS) is 37.5. The van der Waals surface area contributed by atoms with Crippen LogP contribution >= 0.6 is 0 Å². The molecule has 51 valence electrons. The second-order valence-electron chi connectivity index (χ2n) is 2.32. The Hall–Kier alpha value is -1.00. The summed E-state index contributed by atoms with van der Waals surface area (Å²) < 4.78 is 0. The molecule has 1 aliphatic carbocycles. The van der Waals surface area contributed by atoms with Crippen molar-refractivity contribution in [1.29, 1.82) is 0 Å². The Labute approximate surface area is 61.1 Å². The number of aliphatic hydroxyl groups is 1. The molecule has 0 spiro atoms. The first-order valence-electron chi connectivity index (χ1n) is 3.08. The molecule has 0 amide bonds. The summed E-state index contributed by atoms with van der Waals surface area (Å²) in [4.78, 5) is 0. The van der Waals surface area contributed by atoms with Crippen molar-refractivity contribution in [3.05, 3.63) is 31.2 Å². The molecular weight excluding hydrogens is 124 g/mol. The predicted molar refractivity (Wildman–Crippen MR) is 40.9 cm³/mol. The van der Waals surface area contributed by atoms with Crippen LogP contribution in [0.3, 0.4) is 0 Å². The Kier molecular flexibility index (Phi) is 1.65. The SMILES string of the molecule is C#CC1(O)C=CC=CC1[CH2]. The van der Waals surface area contributed by atoms with Gasteiger partial charge in [0.2, 0.25) is 0 Å². The Balaban J connectivity index is 2.91. The van der Waals surface area contributed by atoms with Gasteiger partial charge in [0.25, 0.3) is 0 Å². The lowest BCUT2D eigenvalue weighted by atomic mass is 9.86. The maximum atomic E-state index is 9.51. The van der Waals surface area contributed by atoms with E-state index in [-0.39, 0.29) is 5.92 Å². The van der Waals surface area contributed by atoms with Gasteiger partial charge in [0.1, 0.15) is 5.60 Å². The highest BCUT2D eigenvalue weighted by molar-refractivity contribution is 5.31. The molecule has 10 heavy (non-hydrogen) atoms. The molecule has 1 nitrogen and oxygen atoms in total. The van der Waals surface area contributed by atoms with Gasteiger partial charge in [0, 0.05) is 5.92 Å². The van der Waals surface area contributed by atoms with Crippen LogP contribution in [0.15, 0.2) is 24.3 Å². The van der Waals surface area contributed by atoms with Gasteiger partial charge in [-0.25, -0.2) is 0 Å². The minimum Gasteiger partial charge on any atom is -0.373 e. The molecular formula is C9H9O. The summed E-state index contributed by atoms with van der Waals surface area (Å²) in [5.74, 6) is 2.05. The highest BCUT2D eigenvalue weighted by atomic mass is 16.3. The van der Waals surface area contributed by atoms with E-state index in [1.54, 1.807) is 18.2 Å². The highest BCUT2D eigenvalue weighted by Gasteiger charge is 2.27.